The summed E-state index contributed by atoms with van der Waals surface area (Å²) in [5.74, 6) is -1.45. The summed E-state index contributed by atoms with van der Waals surface area (Å²) in [4.78, 5) is 25.4. The number of aromatic nitrogens is 1. The monoisotopic (exact) mass is 469 g/mol. The molecule has 3 rings (SSSR count). The fraction of sp³-hybridized carbons (Fsp3) is 0.182. The Morgan fingerprint density at radius 3 is 2.13 bits per heavy atom. The van der Waals surface area contributed by atoms with Crippen molar-refractivity contribution in [3.05, 3.63) is 79.6 Å². The lowest BCUT2D eigenvalue weighted by atomic mass is 9.95. The summed E-state index contributed by atoms with van der Waals surface area (Å²) in [6.45, 7) is 3.69. The van der Waals surface area contributed by atoms with Crippen LogP contribution in [0.4, 0.5) is 13.2 Å². The van der Waals surface area contributed by atoms with Crippen molar-refractivity contribution < 1.29 is 23.1 Å². The van der Waals surface area contributed by atoms with Crippen LogP contribution in [0.15, 0.2) is 47.3 Å². The minimum Gasteiger partial charge on any atom is -0.477 e. The second-order valence-electron chi connectivity index (χ2n) is 6.76. The molecule has 0 unspecified atom stereocenters. The number of alkyl halides is 3. The average Bonchev–Trinajstić information content (AvgIpc) is 2.67. The maximum absolute atomic E-state index is 13.3. The third-order valence-electron chi connectivity index (χ3n) is 4.94. The highest BCUT2D eigenvalue weighted by molar-refractivity contribution is 6.31. The molecule has 0 atom stereocenters. The van der Waals surface area contributed by atoms with E-state index in [4.69, 9.17) is 23.2 Å². The van der Waals surface area contributed by atoms with Crippen LogP contribution in [-0.2, 0) is 12.7 Å². The first-order valence-corrected chi connectivity index (χ1v) is 9.86. The second-order valence-corrected chi connectivity index (χ2v) is 7.61. The molecule has 3 aromatic rings. The van der Waals surface area contributed by atoms with Gasteiger partial charge in [-0.1, -0.05) is 41.4 Å². The van der Waals surface area contributed by atoms with Crippen LogP contribution in [0, 0.1) is 6.92 Å². The SMILES string of the molecule is CCn1c(C)c(-c2ccc(C(F)(F)F)c(Cl)c2)c(=O)c(C(=O)O)c1-c1ccc(Cl)cc1. The van der Waals surface area contributed by atoms with Crippen LogP contribution < -0.4 is 5.43 Å². The zero-order chi connectivity index (χ0) is 23.1. The zero-order valence-electron chi connectivity index (χ0n) is 16.3. The number of carboxylic acids is 1. The van der Waals surface area contributed by atoms with Gasteiger partial charge >= 0.3 is 12.1 Å². The predicted octanol–water partition coefficient (Wildman–Crippen LogP) is 6.53. The van der Waals surface area contributed by atoms with Crippen molar-refractivity contribution >= 4 is 29.2 Å². The Kier molecular flexibility index (Phi) is 6.21. The number of nitrogens with zero attached hydrogens (tertiary/aromatic N) is 1. The summed E-state index contributed by atoms with van der Waals surface area (Å²) in [7, 11) is 0. The van der Waals surface area contributed by atoms with E-state index in [1.54, 1.807) is 42.7 Å². The van der Waals surface area contributed by atoms with Gasteiger partial charge in [0.05, 0.1) is 16.3 Å². The number of benzene rings is 2. The van der Waals surface area contributed by atoms with Gasteiger partial charge in [-0.15, -0.1) is 0 Å². The highest BCUT2D eigenvalue weighted by atomic mass is 35.5. The van der Waals surface area contributed by atoms with Gasteiger partial charge in [0.2, 0.25) is 5.43 Å². The number of pyridine rings is 1. The second kappa shape index (κ2) is 8.40. The Hall–Kier alpha value is -2.77. The quantitative estimate of drug-likeness (QED) is 0.472. The summed E-state index contributed by atoms with van der Waals surface area (Å²) in [5.41, 5.74) is -1.19. The van der Waals surface area contributed by atoms with E-state index in [1.165, 1.54) is 0 Å². The average molecular weight is 470 g/mol. The van der Waals surface area contributed by atoms with Crippen LogP contribution in [0.25, 0.3) is 22.4 Å². The largest absolute Gasteiger partial charge is 0.477 e. The first kappa shape index (κ1) is 22.9. The predicted molar refractivity (Wildman–Crippen MR) is 114 cm³/mol. The van der Waals surface area contributed by atoms with Gasteiger partial charge in [0.1, 0.15) is 5.56 Å². The van der Waals surface area contributed by atoms with Crippen molar-refractivity contribution in [1.82, 2.24) is 4.57 Å². The summed E-state index contributed by atoms with van der Waals surface area (Å²) in [6, 6.07) is 9.28. The van der Waals surface area contributed by atoms with E-state index in [1.807, 2.05) is 0 Å². The first-order valence-electron chi connectivity index (χ1n) is 9.11. The molecule has 2 aromatic carbocycles. The molecule has 0 radical (unpaired) electrons. The van der Waals surface area contributed by atoms with Gasteiger partial charge < -0.3 is 9.67 Å². The van der Waals surface area contributed by atoms with Gasteiger partial charge in [-0.05, 0) is 49.2 Å². The minimum atomic E-state index is -4.65. The molecule has 31 heavy (non-hydrogen) atoms. The molecular formula is C22H16Cl2F3NO3. The minimum absolute atomic E-state index is 0.0208. The Balaban J connectivity index is 2.38. The topological polar surface area (TPSA) is 59.3 Å². The Bertz CT molecular complexity index is 1230. The fourth-order valence-corrected chi connectivity index (χ4v) is 3.99. The Labute approximate surface area is 185 Å². The van der Waals surface area contributed by atoms with E-state index < -0.39 is 33.7 Å². The van der Waals surface area contributed by atoms with E-state index in [9.17, 15) is 27.9 Å². The molecule has 0 saturated heterocycles. The number of hydrogen-bond acceptors (Lipinski definition) is 2. The smallest absolute Gasteiger partial charge is 0.417 e. The number of rotatable bonds is 4. The molecule has 0 aliphatic rings. The third kappa shape index (κ3) is 4.20. The van der Waals surface area contributed by atoms with Crippen molar-refractivity contribution in [3.8, 4) is 22.4 Å². The van der Waals surface area contributed by atoms with E-state index in [0.717, 1.165) is 18.2 Å². The molecule has 1 N–H and O–H groups in total. The van der Waals surface area contributed by atoms with Gasteiger partial charge in [0, 0.05) is 22.8 Å². The Morgan fingerprint density at radius 2 is 1.65 bits per heavy atom. The molecule has 1 heterocycles. The molecule has 1 aromatic heterocycles. The van der Waals surface area contributed by atoms with Crippen LogP contribution in [0.1, 0.15) is 28.5 Å². The van der Waals surface area contributed by atoms with Crippen LogP contribution in [0.2, 0.25) is 10.0 Å². The van der Waals surface area contributed by atoms with Crippen LogP contribution >= 0.6 is 23.2 Å². The third-order valence-corrected chi connectivity index (χ3v) is 5.50. The van der Waals surface area contributed by atoms with Gasteiger partial charge in [0.25, 0.3) is 0 Å². The van der Waals surface area contributed by atoms with Crippen LogP contribution in [0.3, 0.4) is 0 Å². The Morgan fingerprint density at radius 1 is 1.06 bits per heavy atom. The summed E-state index contributed by atoms with van der Waals surface area (Å²) in [5, 5.41) is 9.70. The van der Waals surface area contributed by atoms with Crippen molar-refractivity contribution in [1.29, 1.82) is 0 Å². The number of aromatic carboxylic acids is 1. The molecular weight excluding hydrogens is 454 g/mol. The van der Waals surface area contributed by atoms with Crippen molar-refractivity contribution in [2.75, 3.05) is 0 Å². The van der Waals surface area contributed by atoms with Crippen LogP contribution in [-0.4, -0.2) is 15.6 Å². The standard InChI is InChI=1S/C22H16Cl2F3NO3/c1-3-28-11(2)17(13-6-9-15(16(24)10-13)22(25,26)27)20(29)18(21(30)31)19(28)12-4-7-14(23)8-5-12/h4-10H,3H2,1-2H3,(H,30,31). The molecule has 0 saturated carbocycles. The maximum Gasteiger partial charge on any atom is 0.417 e. The molecule has 0 aliphatic heterocycles. The number of hydrogen-bond donors (Lipinski definition) is 1. The van der Waals surface area contributed by atoms with Gasteiger partial charge in [-0.2, -0.15) is 13.2 Å². The highest BCUT2D eigenvalue weighted by Gasteiger charge is 2.33. The lowest BCUT2D eigenvalue weighted by molar-refractivity contribution is -0.137. The summed E-state index contributed by atoms with van der Waals surface area (Å²) >= 11 is 11.8. The molecule has 162 valence electrons. The molecule has 0 bridgehead atoms. The fourth-order valence-electron chi connectivity index (χ4n) is 3.58. The van der Waals surface area contributed by atoms with Crippen molar-refractivity contribution in [3.63, 3.8) is 0 Å². The van der Waals surface area contributed by atoms with E-state index in [0.29, 0.717) is 22.8 Å². The molecule has 4 nitrogen and oxygen atoms in total. The lowest BCUT2D eigenvalue weighted by Gasteiger charge is -2.21. The first-order chi connectivity index (χ1) is 14.5. The number of carboxylic acid groups (broad SMARTS) is 1. The van der Waals surface area contributed by atoms with Gasteiger partial charge in [-0.3, -0.25) is 4.79 Å². The zero-order valence-corrected chi connectivity index (χ0v) is 17.9. The highest BCUT2D eigenvalue weighted by Crippen LogP contribution is 2.37. The van der Waals surface area contributed by atoms with E-state index in [2.05, 4.69) is 0 Å². The maximum atomic E-state index is 13.3. The molecule has 0 spiro atoms. The van der Waals surface area contributed by atoms with E-state index >= 15 is 0 Å². The molecule has 0 amide bonds. The number of carbonyl (C=O) groups is 1. The van der Waals surface area contributed by atoms with Crippen molar-refractivity contribution in [2.24, 2.45) is 0 Å². The summed E-state index contributed by atoms with van der Waals surface area (Å²) < 4.78 is 40.8. The summed E-state index contributed by atoms with van der Waals surface area (Å²) in [6.07, 6.45) is -4.65. The van der Waals surface area contributed by atoms with E-state index in [-0.39, 0.29) is 16.8 Å². The normalized spacial score (nSPS) is 11.6. The van der Waals surface area contributed by atoms with Crippen molar-refractivity contribution in [2.45, 2.75) is 26.6 Å². The van der Waals surface area contributed by atoms with Crippen LogP contribution in [0.5, 0.6) is 0 Å². The van der Waals surface area contributed by atoms with Gasteiger partial charge in [-0.25, -0.2) is 4.79 Å². The lowest BCUT2D eigenvalue weighted by Crippen LogP contribution is -2.25. The van der Waals surface area contributed by atoms with Gasteiger partial charge in [0.15, 0.2) is 0 Å². The molecule has 9 heteroatoms. The molecule has 0 fully saturated rings. The molecule has 0 aliphatic carbocycles. The number of halogens is 5.